The van der Waals surface area contributed by atoms with Crippen molar-refractivity contribution in [2.75, 3.05) is 64.8 Å². The van der Waals surface area contributed by atoms with Crippen molar-refractivity contribution in [3.8, 4) is 22.5 Å². The molecule has 11 heteroatoms. The molecule has 3 saturated heterocycles. The van der Waals surface area contributed by atoms with Crippen molar-refractivity contribution in [2.45, 2.75) is 38.6 Å². The largest absolute Gasteiger partial charge is 0.453 e. The number of ether oxygens (including phenoxy) is 1. The zero-order chi connectivity index (χ0) is 33.6. The van der Waals surface area contributed by atoms with Gasteiger partial charge in [0.15, 0.2) is 0 Å². The highest BCUT2D eigenvalue weighted by Gasteiger charge is 2.34. The van der Waals surface area contributed by atoms with Gasteiger partial charge in [-0.25, -0.2) is 9.78 Å². The van der Waals surface area contributed by atoms with Crippen molar-refractivity contribution >= 4 is 29.5 Å². The fourth-order valence-electron chi connectivity index (χ4n) is 7.08. The highest BCUT2D eigenvalue weighted by Crippen LogP contribution is 2.28. The van der Waals surface area contributed by atoms with Crippen LogP contribution in [0.4, 0.5) is 10.5 Å². The molecule has 0 unspecified atom stereocenters. The van der Waals surface area contributed by atoms with Crippen LogP contribution in [0.5, 0.6) is 0 Å². The Labute approximate surface area is 281 Å². The Bertz CT molecular complexity index is 1610. The topological polar surface area (TPSA) is 115 Å². The number of hydrogen-bond donors (Lipinski definition) is 1. The molecule has 3 aromatic rings. The number of likely N-dealkylation sites (tertiary alicyclic amines) is 2. The Morgan fingerprint density at radius 2 is 1.29 bits per heavy atom. The molecule has 3 fully saturated rings. The summed E-state index contributed by atoms with van der Waals surface area (Å²) in [6.45, 7) is 7.33. The molecule has 0 spiro atoms. The molecule has 48 heavy (non-hydrogen) atoms. The van der Waals surface area contributed by atoms with Crippen LogP contribution in [0.3, 0.4) is 0 Å². The summed E-state index contributed by atoms with van der Waals surface area (Å²) in [4.78, 5) is 63.6. The lowest BCUT2D eigenvalue weighted by molar-refractivity contribution is -0.141. The Morgan fingerprint density at radius 3 is 1.88 bits per heavy atom. The number of rotatable bonds is 6. The SMILES string of the molecule is COC(=O)Nc1ccc(-c2cc(C(=O)N3CCN(C4CCN(C(=O)C5CCN(C(C)=O)CC5)CC4)CC3)cc(-c3ccccc3)n2)cc1. The van der Waals surface area contributed by atoms with Crippen LogP contribution in [0.25, 0.3) is 22.5 Å². The van der Waals surface area contributed by atoms with Crippen LogP contribution < -0.4 is 5.32 Å². The summed E-state index contributed by atoms with van der Waals surface area (Å²) in [5.41, 5.74) is 4.33. The number of piperazine rings is 1. The van der Waals surface area contributed by atoms with Crippen molar-refractivity contribution < 1.29 is 23.9 Å². The van der Waals surface area contributed by atoms with Crippen LogP contribution >= 0.6 is 0 Å². The molecule has 1 N–H and O–H groups in total. The number of benzene rings is 2. The average Bonchev–Trinajstić information content (AvgIpc) is 3.15. The van der Waals surface area contributed by atoms with Crippen molar-refractivity contribution in [3.05, 3.63) is 72.3 Å². The number of hydrogen-bond acceptors (Lipinski definition) is 7. The highest BCUT2D eigenvalue weighted by atomic mass is 16.5. The van der Waals surface area contributed by atoms with E-state index in [2.05, 4.69) is 15.0 Å². The van der Waals surface area contributed by atoms with Gasteiger partial charge in [0.05, 0.1) is 18.5 Å². The maximum atomic E-state index is 13.9. The van der Waals surface area contributed by atoms with Crippen LogP contribution in [0.1, 0.15) is 43.0 Å². The predicted octanol–water partition coefficient (Wildman–Crippen LogP) is 4.60. The van der Waals surface area contributed by atoms with Crippen LogP contribution in [0.15, 0.2) is 66.7 Å². The third-order valence-corrected chi connectivity index (χ3v) is 9.94. The molecule has 6 rings (SSSR count). The highest BCUT2D eigenvalue weighted by molar-refractivity contribution is 5.96. The van der Waals surface area contributed by atoms with Crippen LogP contribution in [0, 0.1) is 5.92 Å². The molecule has 3 aliphatic heterocycles. The fraction of sp³-hybridized carbons (Fsp3) is 0.432. The zero-order valence-electron chi connectivity index (χ0n) is 27.8. The summed E-state index contributed by atoms with van der Waals surface area (Å²) >= 11 is 0. The second-order valence-electron chi connectivity index (χ2n) is 12.9. The van der Waals surface area contributed by atoms with Gasteiger partial charge in [0.25, 0.3) is 5.91 Å². The first-order valence-electron chi connectivity index (χ1n) is 16.9. The zero-order valence-corrected chi connectivity index (χ0v) is 27.8. The number of amides is 4. The first-order chi connectivity index (χ1) is 23.3. The number of methoxy groups -OCH3 is 1. The lowest BCUT2D eigenvalue weighted by Gasteiger charge is -2.43. The Kier molecular flexibility index (Phi) is 10.3. The fourth-order valence-corrected chi connectivity index (χ4v) is 7.08. The Balaban J connectivity index is 1.07. The number of carbonyl (C=O) groups excluding carboxylic acids is 4. The standard InChI is InChI=1S/C37H44N6O5/c1-26(44)40-16-12-29(13-17-40)35(45)42-18-14-32(15-19-42)41-20-22-43(23-21-41)36(46)30-24-33(27-6-4-3-5-7-27)39-34(25-30)28-8-10-31(11-9-28)38-37(47)48-2/h3-11,24-25,29,32H,12-23H2,1-2H3,(H,38,47). The van der Waals surface area contributed by atoms with Gasteiger partial charge in [-0.2, -0.15) is 0 Å². The number of aromatic nitrogens is 1. The van der Waals surface area contributed by atoms with E-state index < -0.39 is 6.09 Å². The summed E-state index contributed by atoms with van der Waals surface area (Å²) in [6.07, 6.45) is 2.84. The van der Waals surface area contributed by atoms with E-state index in [4.69, 9.17) is 4.98 Å². The van der Waals surface area contributed by atoms with E-state index in [1.807, 2.05) is 69.3 Å². The molecule has 0 radical (unpaired) electrons. The van der Waals surface area contributed by atoms with Gasteiger partial charge in [0, 0.05) is 93.6 Å². The number of pyridine rings is 1. The molecule has 0 aliphatic carbocycles. The molecule has 0 saturated carbocycles. The van der Waals surface area contributed by atoms with E-state index >= 15 is 0 Å². The Morgan fingerprint density at radius 1 is 0.708 bits per heavy atom. The van der Waals surface area contributed by atoms with Crippen molar-refractivity contribution in [2.24, 2.45) is 5.92 Å². The van der Waals surface area contributed by atoms with Gasteiger partial charge in [-0.15, -0.1) is 0 Å². The molecular weight excluding hydrogens is 608 g/mol. The van der Waals surface area contributed by atoms with Gasteiger partial charge < -0.3 is 19.4 Å². The minimum absolute atomic E-state index is 0.0179. The van der Waals surface area contributed by atoms with Crippen LogP contribution in [-0.4, -0.2) is 114 Å². The number of nitrogens with one attached hydrogen (secondary N) is 1. The first-order valence-corrected chi connectivity index (χ1v) is 16.9. The third kappa shape index (κ3) is 7.68. The summed E-state index contributed by atoms with van der Waals surface area (Å²) in [5, 5.41) is 2.66. The van der Waals surface area contributed by atoms with E-state index in [0.717, 1.165) is 68.7 Å². The van der Waals surface area contributed by atoms with Gasteiger partial charge in [0.1, 0.15) is 0 Å². The average molecular weight is 653 g/mol. The van der Waals surface area contributed by atoms with E-state index in [1.165, 1.54) is 7.11 Å². The Hall–Kier alpha value is -4.77. The van der Waals surface area contributed by atoms with Crippen LogP contribution in [-0.2, 0) is 14.3 Å². The lowest BCUT2D eigenvalue weighted by atomic mass is 9.93. The van der Waals surface area contributed by atoms with Crippen molar-refractivity contribution in [1.29, 1.82) is 0 Å². The second-order valence-corrected chi connectivity index (χ2v) is 12.9. The second kappa shape index (κ2) is 15.0. The molecule has 252 valence electrons. The molecule has 4 heterocycles. The molecule has 4 amide bonds. The molecule has 3 aliphatic rings. The molecule has 1 aromatic heterocycles. The first kappa shape index (κ1) is 33.1. The minimum atomic E-state index is -0.542. The van der Waals surface area contributed by atoms with E-state index in [1.54, 1.807) is 19.1 Å². The number of carbonyl (C=O) groups is 4. The molecular formula is C37H44N6O5. The molecule has 11 nitrogen and oxygen atoms in total. The van der Waals surface area contributed by atoms with Gasteiger partial charge >= 0.3 is 6.09 Å². The normalized spacial score (nSPS) is 18.0. The van der Waals surface area contributed by atoms with Gasteiger partial charge in [-0.3, -0.25) is 24.6 Å². The minimum Gasteiger partial charge on any atom is -0.453 e. The quantitative estimate of drug-likeness (QED) is 0.414. The number of nitrogens with zero attached hydrogens (tertiary/aromatic N) is 5. The molecule has 0 bridgehead atoms. The number of piperidine rings is 2. The summed E-state index contributed by atoms with van der Waals surface area (Å²) < 4.78 is 4.69. The molecule has 2 aromatic carbocycles. The third-order valence-electron chi connectivity index (χ3n) is 9.94. The monoisotopic (exact) mass is 652 g/mol. The van der Waals surface area contributed by atoms with Gasteiger partial charge in [-0.1, -0.05) is 42.5 Å². The summed E-state index contributed by atoms with van der Waals surface area (Å²) in [7, 11) is 1.32. The maximum Gasteiger partial charge on any atom is 0.411 e. The summed E-state index contributed by atoms with van der Waals surface area (Å²) in [5.74, 6) is 0.332. The number of anilines is 1. The smallest absolute Gasteiger partial charge is 0.411 e. The van der Waals surface area contributed by atoms with Crippen LogP contribution in [0.2, 0.25) is 0 Å². The predicted molar refractivity (Wildman–Crippen MR) is 183 cm³/mol. The van der Waals surface area contributed by atoms with Crippen molar-refractivity contribution in [1.82, 2.24) is 24.6 Å². The lowest BCUT2D eigenvalue weighted by Crippen LogP contribution is -2.55. The van der Waals surface area contributed by atoms with E-state index in [-0.39, 0.29) is 23.6 Å². The van der Waals surface area contributed by atoms with Gasteiger partial charge in [-0.05, 0) is 49.9 Å². The maximum absolute atomic E-state index is 13.9. The van der Waals surface area contributed by atoms with Crippen molar-refractivity contribution in [3.63, 3.8) is 0 Å². The van der Waals surface area contributed by atoms with E-state index in [9.17, 15) is 19.2 Å². The molecule has 0 atom stereocenters. The van der Waals surface area contributed by atoms with Gasteiger partial charge in [0.2, 0.25) is 11.8 Å². The summed E-state index contributed by atoms with van der Waals surface area (Å²) in [6, 6.07) is 21.3. The van der Waals surface area contributed by atoms with E-state index in [0.29, 0.717) is 49.2 Å².